The average Bonchev–Trinajstić information content (AvgIpc) is 2.87. The Bertz CT molecular complexity index is 951. The molecule has 34 heavy (non-hydrogen) atoms. The Hall–Kier alpha value is -4.34. The molecule has 0 bridgehead atoms. The summed E-state index contributed by atoms with van der Waals surface area (Å²) in [6.45, 7) is 0. The highest BCUT2D eigenvalue weighted by atomic mass is 16.5. The highest BCUT2D eigenvalue weighted by molar-refractivity contribution is 6.07. The van der Waals surface area contributed by atoms with Crippen LogP contribution in [0.1, 0.15) is 54.3 Å². The predicted octanol–water partition coefficient (Wildman–Crippen LogP) is 2.44. The number of ether oxygens (including phenoxy) is 4. The Morgan fingerprint density at radius 2 is 0.735 bits per heavy atom. The van der Waals surface area contributed by atoms with E-state index in [1.54, 1.807) is 0 Å². The van der Waals surface area contributed by atoms with Gasteiger partial charge in [0.15, 0.2) is 11.6 Å². The molecule has 0 aliphatic carbocycles. The summed E-state index contributed by atoms with van der Waals surface area (Å²) in [5, 5.41) is 0. The third kappa shape index (κ3) is 8.65. The van der Waals surface area contributed by atoms with Gasteiger partial charge in [-0.05, 0) is 24.3 Å². The standard InChI is InChI=1S/2C12H12O5/c2*1-16-11(14)7-10(13)8-3-5-9(6-4-8)12(15)17-2/h2*3-6H,7H2,1-2H3. The number of rotatable bonds is 8. The monoisotopic (exact) mass is 472 g/mol. The first-order valence-corrected chi connectivity index (χ1v) is 9.73. The van der Waals surface area contributed by atoms with Gasteiger partial charge in [0.2, 0.25) is 0 Å². The van der Waals surface area contributed by atoms with Crippen LogP contribution in [0.4, 0.5) is 0 Å². The molecule has 0 fully saturated rings. The molecule has 0 unspecified atom stereocenters. The van der Waals surface area contributed by atoms with E-state index in [0.29, 0.717) is 22.3 Å². The molecule has 2 aromatic rings. The van der Waals surface area contributed by atoms with Gasteiger partial charge in [0.05, 0.1) is 39.6 Å². The second-order valence-corrected chi connectivity index (χ2v) is 6.49. The van der Waals surface area contributed by atoms with Crippen molar-refractivity contribution in [3.63, 3.8) is 0 Å². The quantitative estimate of drug-likeness (QED) is 0.243. The maximum atomic E-state index is 11.5. The lowest BCUT2D eigenvalue weighted by atomic mass is 10.1. The second-order valence-electron chi connectivity index (χ2n) is 6.49. The molecule has 0 saturated carbocycles. The normalized spacial score (nSPS) is 9.53. The molecular formula is C24H24O10. The number of Topliss-reactive ketones (excluding diaryl/α,β-unsaturated/α-hetero) is 2. The van der Waals surface area contributed by atoms with Crippen molar-refractivity contribution in [2.24, 2.45) is 0 Å². The molecule has 2 rings (SSSR count). The van der Waals surface area contributed by atoms with Crippen molar-refractivity contribution in [3.05, 3.63) is 70.8 Å². The summed E-state index contributed by atoms with van der Waals surface area (Å²) in [4.78, 5) is 67.2. The van der Waals surface area contributed by atoms with Crippen molar-refractivity contribution in [2.45, 2.75) is 12.8 Å². The third-order valence-corrected chi connectivity index (χ3v) is 4.32. The minimum Gasteiger partial charge on any atom is -0.469 e. The van der Waals surface area contributed by atoms with Crippen LogP contribution in [0.25, 0.3) is 0 Å². The molecule has 10 heteroatoms. The van der Waals surface area contributed by atoms with Gasteiger partial charge in [-0.2, -0.15) is 0 Å². The SMILES string of the molecule is COC(=O)CC(=O)c1ccc(C(=O)OC)cc1.COC(=O)CC(=O)c1ccc(C(=O)OC)cc1. The van der Waals surface area contributed by atoms with E-state index in [1.807, 2.05) is 0 Å². The third-order valence-electron chi connectivity index (χ3n) is 4.32. The summed E-state index contributed by atoms with van der Waals surface area (Å²) in [7, 11) is 4.99. The Kier molecular flexibility index (Phi) is 11.4. The van der Waals surface area contributed by atoms with Crippen LogP contribution in [0.5, 0.6) is 0 Å². The molecule has 0 spiro atoms. The number of hydrogen-bond acceptors (Lipinski definition) is 10. The van der Waals surface area contributed by atoms with E-state index in [0.717, 1.165) is 0 Å². The topological polar surface area (TPSA) is 139 Å². The Labute approximate surface area is 195 Å². The fourth-order valence-electron chi connectivity index (χ4n) is 2.43. The lowest BCUT2D eigenvalue weighted by Gasteiger charge is -2.02. The molecule has 10 nitrogen and oxygen atoms in total. The number of ketones is 2. The first kappa shape index (κ1) is 27.7. The number of carbonyl (C=O) groups excluding carboxylic acids is 6. The largest absolute Gasteiger partial charge is 0.469 e. The lowest BCUT2D eigenvalue weighted by molar-refractivity contribution is -0.140. The van der Waals surface area contributed by atoms with E-state index in [9.17, 15) is 28.8 Å². The van der Waals surface area contributed by atoms with Crippen molar-refractivity contribution in [1.82, 2.24) is 0 Å². The molecule has 0 aliphatic heterocycles. The molecule has 0 atom stereocenters. The van der Waals surface area contributed by atoms with Crippen molar-refractivity contribution in [1.29, 1.82) is 0 Å². The smallest absolute Gasteiger partial charge is 0.337 e. The molecule has 0 aliphatic rings. The highest BCUT2D eigenvalue weighted by Gasteiger charge is 2.14. The van der Waals surface area contributed by atoms with Gasteiger partial charge >= 0.3 is 23.9 Å². The van der Waals surface area contributed by atoms with Crippen LogP contribution in [-0.4, -0.2) is 63.9 Å². The summed E-state index contributed by atoms with van der Waals surface area (Å²) >= 11 is 0. The van der Waals surface area contributed by atoms with E-state index in [1.165, 1.54) is 77.0 Å². The molecule has 0 heterocycles. The molecule has 0 N–H and O–H groups in total. The first-order chi connectivity index (χ1) is 16.2. The number of methoxy groups -OCH3 is 4. The van der Waals surface area contributed by atoms with Crippen LogP contribution in [0.2, 0.25) is 0 Å². The summed E-state index contributed by atoms with van der Waals surface area (Å²) < 4.78 is 17.8. The van der Waals surface area contributed by atoms with Crippen LogP contribution in [0.3, 0.4) is 0 Å². The van der Waals surface area contributed by atoms with Gasteiger partial charge in [0.25, 0.3) is 0 Å². The van der Waals surface area contributed by atoms with Gasteiger partial charge in [-0.25, -0.2) is 9.59 Å². The lowest BCUT2D eigenvalue weighted by Crippen LogP contribution is -2.10. The van der Waals surface area contributed by atoms with E-state index >= 15 is 0 Å². The Balaban J connectivity index is 0.000000340. The van der Waals surface area contributed by atoms with E-state index < -0.39 is 23.9 Å². The number of esters is 4. The maximum absolute atomic E-state index is 11.5. The van der Waals surface area contributed by atoms with Crippen LogP contribution < -0.4 is 0 Å². The van der Waals surface area contributed by atoms with Crippen LogP contribution in [0, 0.1) is 0 Å². The predicted molar refractivity (Wildman–Crippen MR) is 117 cm³/mol. The second kappa shape index (κ2) is 13.9. The molecule has 0 saturated heterocycles. The summed E-state index contributed by atoms with van der Waals surface area (Å²) in [6, 6.07) is 11.8. The zero-order chi connectivity index (χ0) is 25.7. The summed E-state index contributed by atoms with van der Waals surface area (Å²) in [6.07, 6.45) is -0.623. The Morgan fingerprint density at radius 1 is 0.471 bits per heavy atom. The molecule has 180 valence electrons. The van der Waals surface area contributed by atoms with Crippen LogP contribution in [0.15, 0.2) is 48.5 Å². The van der Waals surface area contributed by atoms with E-state index in [-0.39, 0.29) is 24.4 Å². The molecule has 0 aromatic heterocycles. The van der Waals surface area contributed by atoms with Gasteiger partial charge in [-0.15, -0.1) is 0 Å². The van der Waals surface area contributed by atoms with Crippen LogP contribution in [-0.2, 0) is 28.5 Å². The van der Waals surface area contributed by atoms with Gasteiger partial charge in [-0.3, -0.25) is 19.2 Å². The Morgan fingerprint density at radius 3 is 0.971 bits per heavy atom. The van der Waals surface area contributed by atoms with Gasteiger partial charge in [-0.1, -0.05) is 24.3 Å². The zero-order valence-electron chi connectivity index (χ0n) is 19.1. The maximum Gasteiger partial charge on any atom is 0.337 e. The minimum absolute atomic E-state index is 0.311. The number of benzene rings is 2. The van der Waals surface area contributed by atoms with Gasteiger partial charge in [0.1, 0.15) is 12.8 Å². The van der Waals surface area contributed by atoms with E-state index in [4.69, 9.17) is 0 Å². The van der Waals surface area contributed by atoms with Crippen molar-refractivity contribution < 1.29 is 47.7 Å². The molecular weight excluding hydrogens is 448 g/mol. The number of carbonyl (C=O) groups is 6. The fourth-order valence-corrected chi connectivity index (χ4v) is 2.43. The summed E-state index contributed by atoms with van der Waals surface area (Å²) in [5.41, 5.74) is 1.40. The average molecular weight is 472 g/mol. The fraction of sp³-hybridized carbons (Fsp3) is 0.250. The molecule has 0 amide bonds. The summed E-state index contributed by atoms with van der Waals surface area (Å²) in [5.74, 6) is -2.84. The molecule has 2 aromatic carbocycles. The van der Waals surface area contributed by atoms with Crippen molar-refractivity contribution >= 4 is 35.4 Å². The zero-order valence-corrected chi connectivity index (χ0v) is 19.1. The van der Waals surface area contributed by atoms with Gasteiger partial charge in [0, 0.05) is 11.1 Å². The molecule has 0 radical (unpaired) electrons. The number of hydrogen-bond donors (Lipinski definition) is 0. The van der Waals surface area contributed by atoms with Gasteiger partial charge < -0.3 is 18.9 Å². The van der Waals surface area contributed by atoms with Crippen molar-refractivity contribution in [3.8, 4) is 0 Å². The minimum atomic E-state index is -0.591. The highest BCUT2D eigenvalue weighted by Crippen LogP contribution is 2.09. The first-order valence-electron chi connectivity index (χ1n) is 9.73. The van der Waals surface area contributed by atoms with Crippen molar-refractivity contribution in [2.75, 3.05) is 28.4 Å². The van der Waals surface area contributed by atoms with Crippen LogP contribution >= 0.6 is 0 Å². The van der Waals surface area contributed by atoms with E-state index in [2.05, 4.69) is 18.9 Å².